The molecule has 1 atom stereocenters. The number of morpholine rings is 1. The first-order chi connectivity index (χ1) is 19.9. The summed E-state index contributed by atoms with van der Waals surface area (Å²) < 4.78 is 17.1. The van der Waals surface area contributed by atoms with Gasteiger partial charge in [-0.05, 0) is 67.6 Å². The van der Waals surface area contributed by atoms with E-state index in [-0.39, 0.29) is 11.3 Å². The average Bonchev–Trinajstić information content (AvgIpc) is 3.24. The van der Waals surface area contributed by atoms with Crippen LogP contribution in [-0.4, -0.2) is 79.2 Å². The number of carbonyl (C=O) groups is 2. The number of aliphatic hydroxyl groups is 1. The van der Waals surface area contributed by atoms with E-state index < -0.39 is 17.7 Å². The summed E-state index contributed by atoms with van der Waals surface area (Å²) in [7, 11) is 0. The highest BCUT2D eigenvalue weighted by molar-refractivity contribution is 6.46. The minimum Gasteiger partial charge on any atom is -0.507 e. The molecule has 0 bridgehead atoms. The molecule has 222 valence electrons. The lowest BCUT2D eigenvalue weighted by atomic mass is 9.94. The molecule has 41 heavy (non-hydrogen) atoms. The number of carbonyl (C=O) groups excluding carboxylic acids is 2. The maximum atomic E-state index is 13.5. The summed E-state index contributed by atoms with van der Waals surface area (Å²) >= 11 is 0. The van der Waals surface area contributed by atoms with Gasteiger partial charge in [0.2, 0.25) is 0 Å². The summed E-state index contributed by atoms with van der Waals surface area (Å²) in [6, 6.07) is 12.2. The second-order valence-electron chi connectivity index (χ2n) is 10.8. The van der Waals surface area contributed by atoms with Crippen LogP contribution in [0, 0.1) is 6.92 Å². The molecule has 8 nitrogen and oxygen atoms in total. The predicted molar refractivity (Wildman–Crippen MR) is 159 cm³/mol. The van der Waals surface area contributed by atoms with E-state index in [1.54, 1.807) is 23.1 Å². The summed E-state index contributed by atoms with van der Waals surface area (Å²) in [6.07, 6.45) is 4.83. The maximum Gasteiger partial charge on any atom is 0.295 e. The van der Waals surface area contributed by atoms with E-state index in [0.29, 0.717) is 45.0 Å². The van der Waals surface area contributed by atoms with Gasteiger partial charge in [0, 0.05) is 31.7 Å². The molecule has 2 saturated heterocycles. The van der Waals surface area contributed by atoms with Crippen LogP contribution in [0.2, 0.25) is 0 Å². The third-order valence-corrected chi connectivity index (χ3v) is 7.64. The van der Waals surface area contributed by atoms with E-state index in [0.717, 1.165) is 67.9 Å². The summed E-state index contributed by atoms with van der Waals surface area (Å²) in [4.78, 5) is 30.8. The Kier molecular flexibility index (Phi) is 11.2. The molecule has 2 heterocycles. The standard InChI is InChI=1S/C33H44N2O6/c1-4-6-7-20-40-27-12-9-25(10-13-27)30-29(31(36)26-11-14-28(24(3)23-26)41-19-5-2)32(37)33(38)35(30)16-8-15-34-17-21-39-22-18-34/h9-14,23,30,36H,4-8,15-22H2,1-3H3. The van der Waals surface area contributed by atoms with Crippen molar-refractivity contribution in [1.82, 2.24) is 9.80 Å². The molecule has 2 aromatic carbocycles. The molecule has 2 fully saturated rings. The fourth-order valence-electron chi connectivity index (χ4n) is 5.36. The molecule has 0 saturated carbocycles. The summed E-state index contributed by atoms with van der Waals surface area (Å²) in [5.74, 6) is 0.0558. The molecular formula is C33H44N2O6. The van der Waals surface area contributed by atoms with Crippen molar-refractivity contribution in [2.75, 3.05) is 52.6 Å². The lowest BCUT2D eigenvalue weighted by molar-refractivity contribution is -0.140. The molecule has 1 unspecified atom stereocenters. The maximum absolute atomic E-state index is 13.5. The summed E-state index contributed by atoms with van der Waals surface area (Å²) in [6.45, 7) is 11.7. The number of Topliss-reactive ketones (excluding diaryl/α,β-unsaturated/α-hetero) is 1. The number of unbranched alkanes of at least 4 members (excludes halogenated alkanes) is 2. The van der Waals surface area contributed by atoms with Gasteiger partial charge in [-0.2, -0.15) is 0 Å². The summed E-state index contributed by atoms with van der Waals surface area (Å²) in [5, 5.41) is 11.5. The minimum absolute atomic E-state index is 0.111. The molecule has 1 amide bonds. The monoisotopic (exact) mass is 564 g/mol. The van der Waals surface area contributed by atoms with Crippen LogP contribution in [0.15, 0.2) is 48.0 Å². The highest BCUT2D eigenvalue weighted by atomic mass is 16.5. The zero-order valence-corrected chi connectivity index (χ0v) is 24.7. The normalized spacial score (nSPS) is 19.1. The molecule has 0 radical (unpaired) electrons. The average molecular weight is 565 g/mol. The molecule has 8 heteroatoms. The molecule has 2 aromatic rings. The van der Waals surface area contributed by atoms with E-state index in [1.165, 1.54) is 0 Å². The van der Waals surface area contributed by atoms with Gasteiger partial charge in [-0.3, -0.25) is 14.5 Å². The van der Waals surface area contributed by atoms with Crippen molar-refractivity contribution >= 4 is 17.4 Å². The topological polar surface area (TPSA) is 88.5 Å². The van der Waals surface area contributed by atoms with Crippen LogP contribution in [0.3, 0.4) is 0 Å². The molecule has 0 aromatic heterocycles. The van der Waals surface area contributed by atoms with Crippen molar-refractivity contribution in [3.63, 3.8) is 0 Å². The number of rotatable bonds is 14. The zero-order valence-electron chi connectivity index (χ0n) is 24.7. The van der Waals surface area contributed by atoms with Crippen molar-refractivity contribution < 1.29 is 28.9 Å². The predicted octanol–water partition coefficient (Wildman–Crippen LogP) is 5.50. The Hall–Kier alpha value is -3.36. The SMILES string of the molecule is CCCCCOc1ccc(C2C(=C(O)c3ccc(OCCC)c(C)c3)C(=O)C(=O)N2CCCN2CCOCC2)cc1. The van der Waals surface area contributed by atoms with Crippen LogP contribution in [0.4, 0.5) is 0 Å². The first-order valence-corrected chi connectivity index (χ1v) is 15.0. The Morgan fingerprint density at radius 1 is 0.927 bits per heavy atom. The van der Waals surface area contributed by atoms with Crippen LogP contribution in [-0.2, 0) is 14.3 Å². The fraction of sp³-hybridized carbons (Fsp3) is 0.515. The number of hydrogen-bond donors (Lipinski definition) is 1. The van der Waals surface area contributed by atoms with E-state index in [9.17, 15) is 14.7 Å². The third kappa shape index (κ3) is 7.68. The number of likely N-dealkylation sites (tertiary alicyclic amines) is 1. The molecule has 1 N–H and O–H groups in total. The minimum atomic E-state index is -0.690. The summed E-state index contributed by atoms with van der Waals surface area (Å²) in [5.41, 5.74) is 2.21. The van der Waals surface area contributed by atoms with Gasteiger partial charge in [0.05, 0.1) is 38.0 Å². The quantitative estimate of drug-likeness (QED) is 0.140. The highest BCUT2D eigenvalue weighted by Gasteiger charge is 2.45. The lowest BCUT2D eigenvalue weighted by Gasteiger charge is -2.29. The Morgan fingerprint density at radius 3 is 2.37 bits per heavy atom. The van der Waals surface area contributed by atoms with Crippen molar-refractivity contribution in [1.29, 1.82) is 0 Å². The second-order valence-corrected chi connectivity index (χ2v) is 10.8. The molecule has 4 rings (SSSR count). The Labute approximate surface area is 243 Å². The number of aryl methyl sites for hydroxylation is 1. The van der Waals surface area contributed by atoms with Gasteiger partial charge in [0.25, 0.3) is 11.7 Å². The number of amides is 1. The lowest BCUT2D eigenvalue weighted by Crippen LogP contribution is -2.38. The number of hydrogen-bond acceptors (Lipinski definition) is 7. The van der Waals surface area contributed by atoms with Crippen molar-refractivity contribution in [2.45, 2.75) is 58.9 Å². The largest absolute Gasteiger partial charge is 0.507 e. The Morgan fingerprint density at radius 2 is 1.68 bits per heavy atom. The first kappa shape index (κ1) is 30.6. The van der Waals surface area contributed by atoms with E-state index in [2.05, 4.69) is 11.8 Å². The van der Waals surface area contributed by atoms with E-state index >= 15 is 0 Å². The van der Waals surface area contributed by atoms with Gasteiger partial charge in [-0.15, -0.1) is 0 Å². The van der Waals surface area contributed by atoms with Gasteiger partial charge >= 0.3 is 0 Å². The zero-order chi connectivity index (χ0) is 29.2. The molecule has 2 aliphatic rings. The van der Waals surface area contributed by atoms with Gasteiger partial charge in [-0.1, -0.05) is 38.8 Å². The van der Waals surface area contributed by atoms with Crippen LogP contribution in [0.5, 0.6) is 11.5 Å². The Bertz CT molecular complexity index is 1200. The van der Waals surface area contributed by atoms with Crippen LogP contribution in [0.25, 0.3) is 5.76 Å². The van der Waals surface area contributed by atoms with Gasteiger partial charge in [-0.25, -0.2) is 0 Å². The van der Waals surface area contributed by atoms with Crippen molar-refractivity contribution in [3.05, 3.63) is 64.7 Å². The third-order valence-electron chi connectivity index (χ3n) is 7.64. The van der Waals surface area contributed by atoms with E-state index in [1.807, 2.05) is 38.1 Å². The van der Waals surface area contributed by atoms with Gasteiger partial charge < -0.3 is 24.2 Å². The molecular weight excluding hydrogens is 520 g/mol. The second kappa shape index (κ2) is 15.0. The highest BCUT2D eigenvalue weighted by Crippen LogP contribution is 2.40. The van der Waals surface area contributed by atoms with Crippen LogP contribution < -0.4 is 9.47 Å². The molecule has 2 aliphatic heterocycles. The van der Waals surface area contributed by atoms with E-state index in [4.69, 9.17) is 14.2 Å². The van der Waals surface area contributed by atoms with Crippen LogP contribution >= 0.6 is 0 Å². The molecule has 0 spiro atoms. The van der Waals surface area contributed by atoms with Gasteiger partial charge in [0.1, 0.15) is 17.3 Å². The van der Waals surface area contributed by atoms with Crippen molar-refractivity contribution in [3.8, 4) is 11.5 Å². The number of ketones is 1. The molecule has 0 aliphatic carbocycles. The first-order valence-electron chi connectivity index (χ1n) is 15.0. The Balaban J connectivity index is 1.62. The smallest absolute Gasteiger partial charge is 0.295 e. The van der Waals surface area contributed by atoms with Crippen LogP contribution in [0.1, 0.15) is 68.7 Å². The number of ether oxygens (including phenoxy) is 3. The number of benzene rings is 2. The fourth-order valence-corrected chi connectivity index (χ4v) is 5.36. The number of aliphatic hydroxyl groups excluding tert-OH is 1. The number of nitrogens with zero attached hydrogens (tertiary/aromatic N) is 2. The van der Waals surface area contributed by atoms with Crippen molar-refractivity contribution in [2.24, 2.45) is 0 Å². The van der Waals surface area contributed by atoms with Gasteiger partial charge in [0.15, 0.2) is 0 Å².